The number of para-hydroxylation sites is 1. The highest BCUT2D eigenvalue weighted by atomic mass is 19.4. The summed E-state index contributed by atoms with van der Waals surface area (Å²) in [6.45, 7) is -0.208. The van der Waals surface area contributed by atoms with Gasteiger partial charge in [0.15, 0.2) is 5.92 Å². The molecule has 1 unspecified atom stereocenters. The molecule has 0 aliphatic carbocycles. The highest BCUT2D eigenvalue weighted by Crippen LogP contribution is 2.27. The van der Waals surface area contributed by atoms with E-state index in [-0.39, 0.29) is 0 Å². The molecule has 1 atom stereocenters. The zero-order valence-electron chi connectivity index (χ0n) is 9.79. The van der Waals surface area contributed by atoms with E-state index in [9.17, 15) is 13.2 Å². The van der Waals surface area contributed by atoms with E-state index in [4.69, 9.17) is 10.00 Å². The largest absolute Gasteiger partial charge is 0.492 e. The molecule has 0 aliphatic rings. The number of nitrogens with zero attached hydrogens (tertiary/aromatic N) is 1. The van der Waals surface area contributed by atoms with Crippen LogP contribution in [0.2, 0.25) is 0 Å². The number of nitrogens with one attached hydrogen (secondary N) is 1. The molecule has 0 fully saturated rings. The van der Waals surface area contributed by atoms with Crippen molar-refractivity contribution in [2.24, 2.45) is 5.92 Å². The van der Waals surface area contributed by atoms with Gasteiger partial charge in [-0.2, -0.15) is 18.4 Å². The van der Waals surface area contributed by atoms with Gasteiger partial charge in [0.1, 0.15) is 12.4 Å². The number of ether oxygens (including phenoxy) is 1. The quantitative estimate of drug-likeness (QED) is 0.882. The molecular formula is C12H13F3N2O. The molecule has 98 valence electrons. The minimum atomic E-state index is -4.56. The molecule has 0 heterocycles. The average molecular weight is 258 g/mol. The van der Waals surface area contributed by atoms with Crippen LogP contribution in [0.3, 0.4) is 0 Å². The van der Waals surface area contributed by atoms with Crippen LogP contribution in [0.4, 0.5) is 13.2 Å². The number of halogens is 3. The third kappa shape index (κ3) is 3.93. The lowest BCUT2D eigenvalue weighted by molar-refractivity contribution is -0.165. The summed E-state index contributed by atoms with van der Waals surface area (Å²) in [5, 5.41) is 11.3. The summed E-state index contributed by atoms with van der Waals surface area (Å²) in [5.41, 5.74) is 0.749. The summed E-state index contributed by atoms with van der Waals surface area (Å²) >= 11 is 0. The molecule has 0 aromatic heterocycles. The topological polar surface area (TPSA) is 45.0 Å². The SMILES string of the molecule is CNCc1ccccc1OCC(C#N)C(F)(F)F. The molecule has 1 aromatic carbocycles. The van der Waals surface area contributed by atoms with Gasteiger partial charge in [-0.3, -0.25) is 0 Å². The summed E-state index contributed by atoms with van der Waals surface area (Å²) < 4.78 is 42.2. The minimum Gasteiger partial charge on any atom is -0.492 e. The van der Waals surface area contributed by atoms with Crippen LogP contribution in [-0.4, -0.2) is 19.8 Å². The molecule has 1 N–H and O–H groups in total. The van der Waals surface area contributed by atoms with Crippen LogP contribution in [0.5, 0.6) is 5.75 Å². The number of alkyl halides is 3. The zero-order valence-corrected chi connectivity index (χ0v) is 9.79. The van der Waals surface area contributed by atoms with Crippen LogP contribution >= 0.6 is 0 Å². The van der Waals surface area contributed by atoms with Crippen LogP contribution < -0.4 is 10.1 Å². The van der Waals surface area contributed by atoms with Crippen molar-refractivity contribution < 1.29 is 17.9 Å². The van der Waals surface area contributed by atoms with Crippen molar-refractivity contribution in [3.8, 4) is 11.8 Å². The van der Waals surface area contributed by atoms with Crippen molar-refractivity contribution in [3.05, 3.63) is 29.8 Å². The summed E-state index contributed by atoms with van der Waals surface area (Å²) in [6, 6.07) is 7.97. The Morgan fingerprint density at radius 3 is 2.61 bits per heavy atom. The molecule has 0 bridgehead atoms. The number of hydrogen-bond acceptors (Lipinski definition) is 3. The van der Waals surface area contributed by atoms with Crippen molar-refractivity contribution in [3.63, 3.8) is 0 Å². The normalized spacial score (nSPS) is 12.8. The predicted molar refractivity (Wildman–Crippen MR) is 59.9 cm³/mol. The Kier molecular flexibility index (Phi) is 4.98. The lowest BCUT2D eigenvalue weighted by Gasteiger charge is -2.16. The fourth-order valence-corrected chi connectivity index (χ4v) is 1.36. The van der Waals surface area contributed by atoms with Crippen molar-refractivity contribution in [2.75, 3.05) is 13.7 Å². The van der Waals surface area contributed by atoms with Gasteiger partial charge in [0, 0.05) is 12.1 Å². The molecule has 0 saturated heterocycles. The first-order valence-corrected chi connectivity index (χ1v) is 5.30. The van der Waals surface area contributed by atoms with E-state index in [0.29, 0.717) is 12.3 Å². The molecule has 0 aliphatic heterocycles. The molecule has 0 saturated carbocycles. The van der Waals surface area contributed by atoms with Gasteiger partial charge >= 0.3 is 6.18 Å². The molecule has 1 rings (SSSR count). The van der Waals surface area contributed by atoms with Gasteiger partial charge < -0.3 is 10.1 Å². The van der Waals surface area contributed by atoms with Crippen molar-refractivity contribution in [1.82, 2.24) is 5.32 Å². The summed E-state index contributed by atoms with van der Waals surface area (Å²) in [4.78, 5) is 0. The maximum Gasteiger partial charge on any atom is 0.407 e. The first kappa shape index (κ1) is 14.3. The van der Waals surface area contributed by atoms with Gasteiger partial charge in [0.25, 0.3) is 0 Å². The third-order valence-corrected chi connectivity index (χ3v) is 2.30. The van der Waals surface area contributed by atoms with Gasteiger partial charge in [-0.25, -0.2) is 0 Å². The Labute approximate surface area is 103 Å². The highest BCUT2D eigenvalue weighted by Gasteiger charge is 2.40. The summed E-state index contributed by atoms with van der Waals surface area (Å²) in [7, 11) is 1.73. The van der Waals surface area contributed by atoms with E-state index in [1.165, 1.54) is 6.07 Å². The first-order valence-electron chi connectivity index (χ1n) is 5.30. The van der Waals surface area contributed by atoms with E-state index in [1.54, 1.807) is 31.3 Å². The standard InChI is InChI=1S/C12H13F3N2O/c1-17-7-9-4-2-3-5-11(9)18-8-10(6-16)12(13,14)15/h2-5,10,17H,7-8H2,1H3. The smallest absolute Gasteiger partial charge is 0.407 e. The highest BCUT2D eigenvalue weighted by molar-refractivity contribution is 5.33. The maximum atomic E-state index is 12.4. The fourth-order valence-electron chi connectivity index (χ4n) is 1.36. The maximum absolute atomic E-state index is 12.4. The van der Waals surface area contributed by atoms with Crippen LogP contribution in [-0.2, 0) is 6.54 Å². The Bertz CT molecular complexity index is 426. The lowest BCUT2D eigenvalue weighted by atomic mass is 10.1. The molecule has 0 radical (unpaired) electrons. The second kappa shape index (κ2) is 6.26. The zero-order chi connectivity index (χ0) is 13.6. The molecule has 6 heteroatoms. The Balaban J connectivity index is 2.71. The van der Waals surface area contributed by atoms with Gasteiger partial charge in [0.05, 0.1) is 6.07 Å². The molecule has 0 spiro atoms. The van der Waals surface area contributed by atoms with Crippen molar-refractivity contribution in [2.45, 2.75) is 12.7 Å². The summed E-state index contributed by atoms with van der Waals surface area (Å²) in [6.07, 6.45) is -4.56. The third-order valence-electron chi connectivity index (χ3n) is 2.30. The Hall–Kier alpha value is -1.74. The van der Waals surface area contributed by atoms with E-state index >= 15 is 0 Å². The molecular weight excluding hydrogens is 245 g/mol. The Morgan fingerprint density at radius 1 is 1.39 bits per heavy atom. The fraction of sp³-hybridized carbons (Fsp3) is 0.417. The molecule has 1 aromatic rings. The van der Waals surface area contributed by atoms with Gasteiger partial charge in [-0.1, -0.05) is 18.2 Å². The summed E-state index contributed by atoms with van der Waals surface area (Å²) in [5.74, 6) is -1.75. The minimum absolute atomic E-state index is 0.358. The van der Waals surface area contributed by atoms with E-state index in [2.05, 4.69) is 5.32 Å². The lowest BCUT2D eigenvalue weighted by Crippen LogP contribution is -2.27. The number of nitriles is 1. The second-order valence-electron chi connectivity index (χ2n) is 3.67. The van der Waals surface area contributed by atoms with Crippen molar-refractivity contribution >= 4 is 0 Å². The van der Waals surface area contributed by atoms with Crippen LogP contribution in [0, 0.1) is 17.2 Å². The molecule has 3 nitrogen and oxygen atoms in total. The van der Waals surface area contributed by atoms with Gasteiger partial charge in [-0.05, 0) is 13.1 Å². The average Bonchev–Trinajstić information content (AvgIpc) is 2.30. The molecule has 0 amide bonds. The number of hydrogen-bond donors (Lipinski definition) is 1. The Morgan fingerprint density at radius 2 is 2.06 bits per heavy atom. The number of benzene rings is 1. The second-order valence-corrected chi connectivity index (χ2v) is 3.67. The van der Waals surface area contributed by atoms with Crippen LogP contribution in [0.1, 0.15) is 5.56 Å². The van der Waals surface area contributed by atoms with Crippen molar-refractivity contribution in [1.29, 1.82) is 5.26 Å². The van der Waals surface area contributed by atoms with E-state index < -0.39 is 18.7 Å². The van der Waals surface area contributed by atoms with Crippen LogP contribution in [0.15, 0.2) is 24.3 Å². The van der Waals surface area contributed by atoms with E-state index in [1.807, 2.05) is 0 Å². The van der Waals surface area contributed by atoms with Gasteiger partial charge in [-0.15, -0.1) is 0 Å². The number of rotatable bonds is 5. The predicted octanol–water partition coefficient (Wildman–Crippen LogP) is 2.49. The molecule has 18 heavy (non-hydrogen) atoms. The monoisotopic (exact) mass is 258 g/mol. The van der Waals surface area contributed by atoms with Crippen LogP contribution in [0.25, 0.3) is 0 Å². The van der Waals surface area contributed by atoms with E-state index in [0.717, 1.165) is 5.56 Å². The van der Waals surface area contributed by atoms with Gasteiger partial charge in [0.2, 0.25) is 0 Å². The first-order chi connectivity index (χ1) is 8.49.